The first-order valence-corrected chi connectivity index (χ1v) is 4.33. The van der Waals surface area contributed by atoms with Gasteiger partial charge in [0.15, 0.2) is 0 Å². The Hall–Kier alpha value is -1.64. The number of Topliss-reactive ketones (excluding diaryl/α,β-unsaturated/α-hetero) is 1. The molecule has 0 aliphatic carbocycles. The molecule has 0 heterocycles. The average molecular weight is 192 g/mol. The molecular formula is C11H12O3. The number of aliphatic carboxylic acids is 1. The highest BCUT2D eigenvalue weighted by molar-refractivity contribution is 6.33. The molecule has 0 atom stereocenters. The Morgan fingerprint density at radius 1 is 1.21 bits per heavy atom. The van der Waals surface area contributed by atoms with Gasteiger partial charge in [-0.1, -0.05) is 18.2 Å². The van der Waals surface area contributed by atoms with Crippen LogP contribution in [0, 0.1) is 13.8 Å². The lowest BCUT2D eigenvalue weighted by molar-refractivity contribution is -0.148. The molecule has 1 rings (SSSR count). The maximum absolute atomic E-state index is 11.0. The monoisotopic (exact) mass is 192 g/mol. The Morgan fingerprint density at radius 3 is 2.14 bits per heavy atom. The normalized spacial score (nSPS) is 9.86. The number of carboxylic acid groups (broad SMARTS) is 1. The van der Waals surface area contributed by atoms with Gasteiger partial charge in [0.25, 0.3) is 0 Å². The van der Waals surface area contributed by atoms with E-state index < -0.39 is 11.8 Å². The average Bonchev–Trinajstić information content (AvgIpc) is 2.11. The van der Waals surface area contributed by atoms with Gasteiger partial charge in [-0.3, -0.25) is 4.79 Å². The Kier molecular flexibility index (Phi) is 3.02. The van der Waals surface area contributed by atoms with Crippen LogP contribution in [0.5, 0.6) is 0 Å². The predicted octanol–water partition coefficient (Wildman–Crippen LogP) is 1.50. The Bertz CT molecular complexity index is 360. The van der Waals surface area contributed by atoms with Crippen molar-refractivity contribution in [2.24, 2.45) is 0 Å². The van der Waals surface area contributed by atoms with Crippen LogP contribution in [0.15, 0.2) is 18.2 Å². The van der Waals surface area contributed by atoms with E-state index in [1.165, 1.54) is 0 Å². The van der Waals surface area contributed by atoms with Gasteiger partial charge >= 0.3 is 5.97 Å². The Labute approximate surface area is 82.4 Å². The van der Waals surface area contributed by atoms with Gasteiger partial charge in [0, 0.05) is 6.42 Å². The molecule has 0 fully saturated rings. The second-order valence-electron chi connectivity index (χ2n) is 3.28. The largest absolute Gasteiger partial charge is 0.475 e. The first-order valence-electron chi connectivity index (χ1n) is 4.33. The first kappa shape index (κ1) is 10.4. The summed E-state index contributed by atoms with van der Waals surface area (Å²) in [7, 11) is 0. The molecule has 3 heteroatoms. The summed E-state index contributed by atoms with van der Waals surface area (Å²) < 4.78 is 0. The van der Waals surface area contributed by atoms with Crippen molar-refractivity contribution in [2.75, 3.05) is 0 Å². The number of hydrogen-bond acceptors (Lipinski definition) is 2. The van der Waals surface area contributed by atoms with E-state index in [2.05, 4.69) is 0 Å². The molecule has 0 unspecified atom stereocenters. The van der Waals surface area contributed by atoms with E-state index in [1.807, 2.05) is 32.0 Å². The van der Waals surface area contributed by atoms with E-state index in [4.69, 9.17) is 5.11 Å². The third kappa shape index (κ3) is 2.19. The number of carbonyl (C=O) groups is 2. The number of benzene rings is 1. The van der Waals surface area contributed by atoms with Crippen molar-refractivity contribution < 1.29 is 14.7 Å². The fourth-order valence-electron chi connectivity index (χ4n) is 1.36. The summed E-state index contributed by atoms with van der Waals surface area (Å²) >= 11 is 0. The summed E-state index contributed by atoms with van der Waals surface area (Å²) in [6.45, 7) is 3.74. The molecule has 0 bridgehead atoms. The molecule has 0 amide bonds. The summed E-state index contributed by atoms with van der Waals surface area (Å²) in [4.78, 5) is 21.4. The Morgan fingerprint density at radius 2 is 1.71 bits per heavy atom. The summed E-state index contributed by atoms with van der Waals surface area (Å²) in [6.07, 6.45) is -0.0200. The molecule has 74 valence electrons. The van der Waals surface area contributed by atoms with Crippen LogP contribution < -0.4 is 0 Å². The molecule has 0 aromatic heterocycles. The van der Waals surface area contributed by atoms with E-state index in [-0.39, 0.29) is 6.42 Å². The summed E-state index contributed by atoms with van der Waals surface area (Å²) in [5.41, 5.74) is 2.74. The van der Waals surface area contributed by atoms with E-state index in [0.717, 1.165) is 16.7 Å². The second-order valence-corrected chi connectivity index (χ2v) is 3.28. The van der Waals surface area contributed by atoms with Crippen molar-refractivity contribution in [3.05, 3.63) is 34.9 Å². The van der Waals surface area contributed by atoms with Crippen molar-refractivity contribution in [1.82, 2.24) is 0 Å². The minimum atomic E-state index is -1.37. The number of rotatable bonds is 3. The van der Waals surface area contributed by atoms with Crippen LogP contribution in [-0.2, 0) is 16.0 Å². The number of hydrogen-bond donors (Lipinski definition) is 1. The highest BCUT2D eigenvalue weighted by Crippen LogP contribution is 2.13. The predicted molar refractivity (Wildman–Crippen MR) is 52.3 cm³/mol. The summed E-state index contributed by atoms with van der Waals surface area (Å²) in [6, 6.07) is 5.63. The zero-order valence-corrected chi connectivity index (χ0v) is 8.20. The lowest BCUT2D eigenvalue weighted by atomic mass is 9.98. The molecule has 0 aliphatic heterocycles. The highest BCUT2D eigenvalue weighted by Gasteiger charge is 2.14. The van der Waals surface area contributed by atoms with Crippen LogP contribution in [-0.4, -0.2) is 16.9 Å². The minimum absolute atomic E-state index is 0.0200. The molecule has 0 spiro atoms. The molecule has 1 N–H and O–H groups in total. The fraction of sp³-hybridized carbons (Fsp3) is 0.273. The van der Waals surface area contributed by atoms with Gasteiger partial charge in [-0.15, -0.1) is 0 Å². The number of carboxylic acids is 1. The highest BCUT2D eigenvalue weighted by atomic mass is 16.4. The maximum Gasteiger partial charge on any atom is 0.372 e. The molecule has 0 saturated heterocycles. The molecule has 0 radical (unpaired) electrons. The number of ketones is 1. The second kappa shape index (κ2) is 4.05. The topological polar surface area (TPSA) is 54.4 Å². The van der Waals surface area contributed by atoms with Gasteiger partial charge in [0.05, 0.1) is 0 Å². The molecule has 1 aromatic rings. The van der Waals surface area contributed by atoms with Crippen LogP contribution in [0.4, 0.5) is 0 Å². The molecule has 0 aliphatic rings. The molecule has 0 saturated carbocycles. The van der Waals surface area contributed by atoms with Crippen molar-refractivity contribution in [3.8, 4) is 0 Å². The molecule has 1 aromatic carbocycles. The molecule has 3 nitrogen and oxygen atoms in total. The first-order chi connectivity index (χ1) is 6.52. The van der Waals surface area contributed by atoms with Gasteiger partial charge in [0.1, 0.15) is 0 Å². The molecule has 14 heavy (non-hydrogen) atoms. The summed E-state index contributed by atoms with van der Waals surface area (Å²) in [5, 5.41) is 8.48. The fourth-order valence-corrected chi connectivity index (χ4v) is 1.36. The van der Waals surface area contributed by atoms with Crippen LogP contribution in [0.2, 0.25) is 0 Å². The van der Waals surface area contributed by atoms with E-state index >= 15 is 0 Å². The van der Waals surface area contributed by atoms with Crippen molar-refractivity contribution in [3.63, 3.8) is 0 Å². The third-order valence-corrected chi connectivity index (χ3v) is 2.22. The summed E-state index contributed by atoms with van der Waals surface area (Å²) in [5.74, 6) is -2.13. The number of carbonyl (C=O) groups excluding carboxylic acids is 1. The van der Waals surface area contributed by atoms with Gasteiger partial charge in [-0.05, 0) is 30.5 Å². The van der Waals surface area contributed by atoms with Crippen LogP contribution in [0.1, 0.15) is 16.7 Å². The van der Waals surface area contributed by atoms with Crippen LogP contribution >= 0.6 is 0 Å². The smallest absolute Gasteiger partial charge is 0.372 e. The Balaban J connectivity index is 2.97. The van der Waals surface area contributed by atoms with E-state index in [9.17, 15) is 9.59 Å². The van der Waals surface area contributed by atoms with Crippen LogP contribution in [0.25, 0.3) is 0 Å². The van der Waals surface area contributed by atoms with Gasteiger partial charge in [0.2, 0.25) is 5.78 Å². The SMILES string of the molecule is Cc1cccc(C)c1CC(=O)C(=O)O. The number of aryl methyl sites for hydroxylation is 2. The lowest BCUT2D eigenvalue weighted by Gasteiger charge is -2.06. The van der Waals surface area contributed by atoms with Gasteiger partial charge in [-0.2, -0.15) is 0 Å². The van der Waals surface area contributed by atoms with Gasteiger partial charge in [-0.25, -0.2) is 4.79 Å². The minimum Gasteiger partial charge on any atom is -0.475 e. The quantitative estimate of drug-likeness (QED) is 0.738. The standard InChI is InChI=1S/C11H12O3/c1-7-4-3-5-8(2)9(7)6-10(12)11(13)14/h3-5H,6H2,1-2H3,(H,13,14). The van der Waals surface area contributed by atoms with Crippen molar-refractivity contribution in [1.29, 1.82) is 0 Å². The zero-order chi connectivity index (χ0) is 10.7. The van der Waals surface area contributed by atoms with Gasteiger partial charge < -0.3 is 5.11 Å². The van der Waals surface area contributed by atoms with Crippen molar-refractivity contribution >= 4 is 11.8 Å². The molecular weight excluding hydrogens is 180 g/mol. The van der Waals surface area contributed by atoms with E-state index in [1.54, 1.807) is 0 Å². The van der Waals surface area contributed by atoms with Crippen LogP contribution in [0.3, 0.4) is 0 Å². The lowest BCUT2D eigenvalue weighted by Crippen LogP contribution is -2.16. The zero-order valence-electron chi connectivity index (χ0n) is 8.20. The third-order valence-electron chi connectivity index (χ3n) is 2.22. The van der Waals surface area contributed by atoms with E-state index in [0.29, 0.717) is 0 Å². The van der Waals surface area contributed by atoms with Crippen molar-refractivity contribution in [2.45, 2.75) is 20.3 Å². The maximum atomic E-state index is 11.0.